The Balaban J connectivity index is 1.91. The first kappa shape index (κ1) is 23.3. The molecule has 0 spiro atoms. The lowest BCUT2D eigenvalue weighted by Gasteiger charge is -2.22. The van der Waals surface area contributed by atoms with E-state index in [2.05, 4.69) is 49.6 Å². The lowest BCUT2D eigenvalue weighted by atomic mass is 9.85. The molecule has 0 fully saturated rings. The second-order valence-electron chi connectivity index (χ2n) is 9.41. The van der Waals surface area contributed by atoms with Crippen LogP contribution in [-0.4, -0.2) is 31.1 Å². The highest BCUT2D eigenvalue weighted by molar-refractivity contribution is 6.31. The van der Waals surface area contributed by atoms with Crippen molar-refractivity contribution in [1.82, 2.24) is 0 Å². The van der Waals surface area contributed by atoms with Crippen molar-refractivity contribution in [2.75, 3.05) is 20.8 Å². The van der Waals surface area contributed by atoms with Gasteiger partial charge in [-0.1, -0.05) is 50.6 Å². The van der Waals surface area contributed by atoms with Gasteiger partial charge in [0.1, 0.15) is 12.4 Å². The van der Waals surface area contributed by atoms with Gasteiger partial charge in [0, 0.05) is 12.0 Å². The van der Waals surface area contributed by atoms with Crippen molar-refractivity contribution >= 4 is 17.3 Å². The SMILES string of the molecule is COc1cc2c(cc1OC)C(c1ccc(C(C)(C)C)cc1)=[N+](Cc1c(F)cccc1Cl)CC2. The van der Waals surface area contributed by atoms with Gasteiger partial charge in [0.05, 0.1) is 30.4 Å². The molecule has 4 rings (SSSR count). The Kier molecular flexibility index (Phi) is 6.49. The minimum Gasteiger partial charge on any atom is -0.493 e. The number of ether oxygens (including phenoxy) is 2. The van der Waals surface area contributed by atoms with Crippen LogP contribution < -0.4 is 9.47 Å². The van der Waals surface area contributed by atoms with Crippen LogP contribution in [0.1, 0.15) is 48.6 Å². The van der Waals surface area contributed by atoms with Crippen molar-refractivity contribution in [3.8, 4) is 11.5 Å². The minimum atomic E-state index is -0.289. The largest absolute Gasteiger partial charge is 0.493 e. The van der Waals surface area contributed by atoms with E-state index >= 15 is 0 Å². The van der Waals surface area contributed by atoms with Crippen LogP contribution in [-0.2, 0) is 18.4 Å². The summed E-state index contributed by atoms with van der Waals surface area (Å²) >= 11 is 6.39. The predicted molar refractivity (Wildman–Crippen MR) is 132 cm³/mol. The van der Waals surface area contributed by atoms with Crippen LogP contribution in [0.2, 0.25) is 5.02 Å². The van der Waals surface area contributed by atoms with Crippen LogP contribution in [0, 0.1) is 5.82 Å². The Bertz CT molecular complexity index is 1190. The Labute approximate surface area is 200 Å². The smallest absolute Gasteiger partial charge is 0.215 e. The molecule has 1 aliphatic heterocycles. The van der Waals surface area contributed by atoms with E-state index in [0.29, 0.717) is 28.6 Å². The Morgan fingerprint density at radius 2 is 1.64 bits per heavy atom. The van der Waals surface area contributed by atoms with Crippen molar-refractivity contribution in [3.05, 3.63) is 93.3 Å². The molecule has 0 N–H and O–H groups in total. The van der Waals surface area contributed by atoms with Gasteiger partial charge in [-0.2, -0.15) is 0 Å². The number of hydrogen-bond donors (Lipinski definition) is 0. The maximum absolute atomic E-state index is 14.7. The van der Waals surface area contributed by atoms with Crippen molar-refractivity contribution in [2.24, 2.45) is 0 Å². The van der Waals surface area contributed by atoms with E-state index in [9.17, 15) is 4.39 Å². The molecule has 0 unspecified atom stereocenters. The second kappa shape index (κ2) is 9.18. The van der Waals surface area contributed by atoms with E-state index in [4.69, 9.17) is 21.1 Å². The Hall–Kier alpha value is -2.85. The van der Waals surface area contributed by atoms with E-state index in [0.717, 1.165) is 29.8 Å². The summed E-state index contributed by atoms with van der Waals surface area (Å²) < 4.78 is 28.0. The third kappa shape index (κ3) is 4.63. The number of nitrogens with zero attached hydrogens (tertiary/aromatic N) is 1. The molecule has 0 atom stereocenters. The number of halogens is 2. The van der Waals surface area contributed by atoms with Crippen molar-refractivity contribution in [2.45, 2.75) is 39.2 Å². The van der Waals surface area contributed by atoms with Crippen molar-refractivity contribution in [3.63, 3.8) is 0 Å². The quantitative estimate of drug-likeness (QED) is 0.406. The standard InChI is InChI=1S/C28H30ClFNO2/c1-28(2,3)20-11-9-18(10-12-20)27-21-16-26(33-5)25(32-4)15-19(21)13-14-31(27)17-22-23(29)7-6-8-24(22)30/h6-12,15-16H,13-14,17H2,1-5H3/q+1. The fourth-order valence-electron chi connectivity index (χ4n) is 4.38. The van der Waals surface area contributed by atoms with E-state index in [-0.39, 0.29) is 11.2 Å². The molecule has 33 heavy (non-hydrogen) atoms. The summed E-state index contributed by atoms with van der Waals surface area (Å²) in [7, 11) is 3.29. The fraction of sp³-hybridized carbons (Fsp3) is 0.321. The molecule has 3 aromatic carbocycles. The number of hydrogen-bond acceptors (Lipinski definition) is 2. The average Bonchev–Trinajstić information content (AvgIpc) is 2.79. The topological polar surface area (TPSA) is 21.5 Å². The van der Waals surface area contributed by atoms with Crippen LogP contribution in [0.25, 0.3) is 0 Å². The van der Waals surface area contributed by atoms with E-state index in [1.165, 1.54) is 17.2 Å². The zero-order valence-corrected chi connectivity index (χ0v) is 20.6. The maximum atomic E-state index is 14.7. The monoisotopic (exact) mass is 466 g/mol. The lowest BCUT2D eigenvalue weighted by Crippen LogP contribution is -2.31. The lowest BCUT2D eigenvalue weighted by molar-refractivity contribution is -0.544. The summed E-state index contributed by atoms with van der Waals surface area (Å²) in [5, 5.41) is 0.440. The third-order valence-electron chi connectivity index (χ3n) is 6.27. The third-order valence-corrected chi connectivity index (χ3v) is 6.62. The zero-order chi connectivity index (χ0) is 23.8. The molecule has 0 radical (unpaired) electrons. The summed E-state index contributed by atoms with van der Waals surface area (Å²) in [4.78, 5) is 0. The van der Waals surface area contributed by atoms with Gasteiger partial charge in [0.2, 0.25) is 5.71 Å². The van der Waals surface area contributed by atoms with Gasteiger partial charge in [-0.25, -0.2) is 8.97 Å². The Morgan fingerprint density at radius 1 is 0.970 bits per heavy atom. The summed E-state index contributed by atoms with van der Waals surface area (Å²) in [6.45, 7) is 7.73. The molecule has 0 aliphatic carbocycles. The van der Waals surface area contributed by atoms with Crippen LogP contribution >= 0.6 is 11.6 Å². The van der Waals surface area contributed by atoms with Crippen LogP contribution in [0.3, 0.4) is 0 Å². The number of methoxy groups -OCH3 is 2. The van der Waals surface area contributed by atoms with Crippen molar-refractivity contribution < 1.29 is 18.4 Å². The molecule has 1 heterocycles. The summed E-state index contributed by atoms with van der Waals surface area (Å²) in [5.41, 5.74) is 6.18. The number of benzene rings is 3. The van der Waals surface area contributed by atoms with E-state index in [1.54, 1.807) is 26.4 Å². The van der Waals surface area contributed by atoms with E-state index < -0.39 is 0 Å². The first-order valence-electron chi connectivity index (χ1n) is 11.1. The molecule has 3 nitrogen and oxygen atoms in total. The minimum absolute atomic E-state index is 0.0602. The summed E-state index contributed by atoms with van der Waals surface area (Å²) in [6, 6.07) is 17.6. The molecular formula is C28H30ClFNO2+. The van der Waals surface area contributed by atoms with Crippen LogP contribution in [0.15, 0.2) is 54.6 Å². The average molecular weight is 467 g/mol. The van der Waals surface area contributed by atoms with Gasteiger partial charge in [-0.3, -0.25) is 0 Å². The molecule has 0 amide bonds. The van der Waals surface area contributed by atoms with Gasteiger partial charge >= 0.3 is 0 Å². The number of rotatable bonds is 5. The van der Waals surface area contributed by atoms with E-state index in [1.807, 2.05) is 12.1 Å². The van der Waals surface area contributed by atoms with Crippen LogP contribution in [0.4, 0.5) is 4.39 Å². The fourth-order valence-corrected chi connectivity index (χ4v) is 4.61. The zero-order valence-electron chi connectivity index (χ0n) is 19.8. The van der Waals surface area contributed by atoms with Gasteiger partial charge in [0.25, 0.3) is 0 Å². The van der Waals surface area contributed by atoms with Gasteiger partial charge in [0.15, 0.2) is 18.0 Å². The van der Waals surface area contributed by atoms with Gasteiger partial charge < -0.3 is 9.47 Å². The molecule has 172 valence electrons. The highest BCUT2D eigenvalue weighted by Gasteiger charge is 2.30. The molecule has 3 aromatic rings. The molecule has 5 heteroatoms. The van der Waals surface area contributed by atoms with Crippen LogP contribution in [0.5, 0.6) is 11.5 Å². The predicted octanol–water partition coefficient (Wildman–Crippen LogP) is 6.40. The van der Waals surface area contributed by atoms with Gasteiger partial charge in [-0.15, -0.1) is 0 Å². The highest BCUT2D eigenvalue weighted by atomic mass is 35.5. The summed E-state index contributed by atoms with van der Waals surface area (Å²) in [5.74, 6) is 1.10. The molecule has 1 aliphatic rings. The van der Waals surface area contributed by atoms with Gasteiger partial charge in [-0.05, 0) is 52.9 Å². The van der Waals surface area contributed by atoms with Crippen molar-refractivity contribution in [1.29, 1.82) is 0 Å². The maximum Gasteiger partial charge on any atom is 0.215 e. The molecule has 0 saturated heterocycles. The summed E-state index contributed by atoms with van der Waals surface area (Å²) in [6.07, 6.45) is 0.811. The first-order chi connectivity index (χ1) is 15.7. The highest BCUT2D eigenvalue weighted by Crippen LogP contribution is 2.34. The molecule has 0 bridgehead atoms. The second-order valence-corrected chi connectivity index (χ2v) is 9.82. The molecule has 0 saturated carbocycles. The first-order valence-corrected chi connectivity index (χ1v) is 11.5. The molecular weight excluding hydrogens is 437 g/mol. The number of fused-ring (bicyclic) bond motifs is 1. The Morgan fingerprint density at radius 3 is 2.24 bits per heavy atom. The molecule has 0 aromatic heterocycles. The normalized spacial score (nSPS) is 13.7.